The highest BCUT2D eigenvalue weighted by atomic mass is 16.3. The maximum absolute atomic E-state index is 11.9. The lowest BCUT2D eigenvalue weighted by molar-refractivity contribution is -0.132. The molecule has 0 saturated heterocycles. The molecule has 0 aliphatic heterocycles. The Morgan fingerprint density at radius 3 is 2.30 bits per heavy atom. The van der Waals surface area contributed by atoms with E-state index in [-0.39, 0.29) is 24.3 Å². The van der Waals surface area contributed by atoms with Crippen LogP contribution in [0.4, 0.5) is 0 Å². The zero-order chi connectivity index (χ0) is 15.2. The molecule has 20 heavy (non-hydrogen) atoms. The molecule has 1 rings (SSSR count). The van der Waals surface area contributed by atoms with E-state index in [2.05, 4.69) is 10.6 Å². The van der Waals surface area contributed by atoms with Crippen LogP contribution < -0.4 is 10.6 Å². The van der Waals surface area contributed by atoms with E-state index in [9.17, 15) is 14.7 Å². The topological polar surface area (TPSA) is 78.4 Å². The van der Waals surface area contributed by atoms with Crippen molar-refractivity contribution in [3.05, 3.63) is 0 Å². The van der Waals surface area contributed by atoms with Gasteiger partial charge in [-0.25, -0.2) is 0 Å². The summed E-state index contributed by atoms with van der Waals surface area (Å²) in [5.41, 5.74) is -0.880. The predicted octanol–water partition coefficient (Wildman–Crippen LogP) is 1.49. The predicted molar refractivity (Wildman–Crippen MR) is 78.2 cm³/mol. The second kappa shape index (κ2) is 7.62. The smallest absolute Gasteiger partial charge is 0.242 e. The molecule has 0 spiro atoms. The molecule has 2 amide bonds. The van der Waals surface area contributed by atoms with Crippen molar-refractivity contribution in [1.29, 1.82) is 0 Å². The molecule has 5 nitrogen and oxygen atoms in total. The van der Waals surface area contributed by atoms with Crippen molar-refractivity contribution in [3.8, 4) is 0 Å². The van der Waals surface area contributed by atoms with Crippen LogP contribution in [-0.4, -0.2) is 34.6 Å². The van der Waals surface area contributed by atoms with Crippen LogP contribution in [0.2, 0.25) is 0 Å². The maximum Gasteiger partial charge on any atom is 0.242 e. The fraction of sp³-hybridized carbons (Fsp3) is 0.867. The van der Waals surface area contributed by atoms with Crippen LogP contribution >= 0.6 is 0 Å². The minimum atomic E-state index is -0.880. The summed E-state index contributed by atoms with van der Waals surface area (Å²) in [5.74, 6) is -0.426. The highest BCUT2D eigenvalue weighted by molar-refractivity contribution is 5.87. The van der Waals surface area contributed by atoms with Gasteiger partial charge in [0.15, 0.2) is 0 Å². The summed E-state index contributed by atoms with van der Waals surface area (Å²) in [5, 5.41) is 15.8. The molecule has 1 aliphatic rings. The molecule has 0 bridgehead atoms. The Hall–Kier alpha value is -1.10. The lowest BCUT2D eigenvalue weighted by Gasteiger charge is -2.31. The van der Waals surface area contributed by atoms with Gasteiger partial charge in [-0.1, -0.05) is 26.2 Å². The van der Waals surface area contributed by atoms with Gasteiger partial charge in [0.1, 0.15) is 6.04 Å². The second-order valence-corrected chi connectivity index (χ2v) is 6.07. The van der Waals surface area contributed by atoms with E-state index in [0.717, 1.165) is 25.7 Å². The van der Waals surface area contributed by atoms with Gasteiger partial charge in [-0.05, 0) is 33.1 Å². The monoisotopic (exact) mass is 284 g/mol. The Kier molecular flexibility index (Phi) is 6.46. The molecule has 3 N–H and O–H groups in total. The minimum absolute atomic E-state index is 0.0912. The van der Waals surface area contributed by atoms with Gasteiger partial charge in [0.2, 0.25) is 11.8 Å². The van der Waals surface area contributed by atoms with Crippen molar-refractivity contribution in [2.75, 3.05) is 0 Å². The van der Waals surface area contributed by atoms with E-state index in [1.807, 2.05) is 13.8 Å². The van der Waals surface area contributed by atoms with Crippen molar-refractivity contribution in [1.82, 2.24) is 10.6 Å². The average molecular weight is 284 g/mol. The summed E-state index contributed by atoms with van der Waals surface area (Å²) in [7, 11) is 0. The van der Waals surface area contributed by atoms with Crippen molar-refractivity contribution < 1.29 is 14.7 Å². The Morgan fingerprint density at radius 2 is 1.75 bits per heavy atom. The van der Waals surface area contributed by atoms with Gasteiger partial charge in [-0.2, -0.15) is 0 Å². The molecular formula is C15H28N2O3. The molecule has 0 aromatic heterocycles. The summed E-state index contributed by atoms with van der Waals surface area (Å²) in [6.45, 7) is 5.59. The molecule has 116 valence electrons. The molecule has 2 atom stereocenters. The standard InChI is InChI=1S/C15H28N2O3/c1-4-11(2)16-14(19)12(3)17-13(18)10-15(20)8-6-5-7-9-15/h11-12,20H,4-10H2,1-3H3,(H,16,19)(H,17,18). The SMILES string of the molecule is CCC(C)NC(=O)C(C)NC(=O)CC1(O)CCCCC1. The van der Waals surface area contributed by atoms with Gasteiger partial charge >= 0.3 is 0 Å². The zero-order valence-corrected chi connectivity index (χ0v) is 12.9. The first kappa shape index (κ1) is 17.0. The van der Waals surface area contributed by atoms with Crippen LogP contribution in [0.5, 0.6) is 0 Å². The fourth-order valence-electron chi connectivity index (χ4n) is 2.51. The lowest BCUT2D eigenvalue weighted by Crippen LogP contribution is -2.49. The largest absolute Gasteiger partial charge is 0.389 e. The molecule has 0 heterocycles. The highest BCUT2D eigenvalue weighted by Gasteiger charge is 2.32. The molecule has 0 aromatic carbocycles. The maximum atomic E-state index is 11.9. The number of aliphatic hydroxyl groups is 1. The number of nitrogens with one attached hydrogen (secondary N) is 2. The van der Waals surface area contributed by atoms with Gasteiger partial charge in [-0.3, -0.25) is 9.59 Å². The van der Waals surface area contributed by atoms with Gasteiger partial charge < -0.3 is 15.7 Å². The molecular weight excluding hydrogens is 256 g/mol. The summed E-state index contributed by atoms with van der Waals surface area (Å²) >= 11 is 0. The van der Waals surface area contributed by atoms with Crippen LogP contribution in [-0.2, 0) is 9.59 Å². The second-order valence-electron chi connectivity index (χ2n) is 6.07. The molecule has 1 aliphatic carbocycles. The summed E-state index contributed by atoms with van der Waals surface area (Å²) in [6.07, 6.45) is 5.35. The third kappa shape index (κ3) is 5.49. The van der Waals surface area contributed by atoms with Crippen LogP contribution in [0.15, 0.2) is 0 Å². The molecule has 1 fully saturated rings. The Balaban J connectivity index is 2.39. The Labute approximate surface area is 121 Å². The number of hydrogen-bond donors (Lipinski definition) is 3. The minimum Gasteiger partial charge on any atom is -0.389 e. The molecule has 0 aromatic rings. The van der Waals surface area contributed by atoms with E-state index in [1.54, 1.807) is 6.92 Å². The zero-order valence-electron chi connectivity index (χ0n) is 12.9. The molecule has 0 radical (unpaired) electrons. The van der Waals surface area contributed by atoms with Gasteiger partial charge in [-0.15, -0.1) is 0 Å². The number of carbonyl (C=O) groups excluding carboxylic acids is 2. The Bertz CT molecular complexity index is 338. The molecule has 5 heteroatoms. The number of rotatable bonds is 6. The fourth-order valence-corrected chi connectivity index (χ4v) is 2.51. The van der Waals surface area contributed by atoms with E-state index >= 15 is 0 Å². The number of amides is 2. The first-order chi connectivity index (χ1) is 9.36. The quantitative estimate of drug-likeness (QED) is 0.691. The van der Waals surface area contributed by atoms with E-state index in [0.29, 0.717) is 12.8 Å². The lowest BCUT2D eigenvalue weighted by atomic mass is 9.82. The first-order valence-electron chi connectivity index (χ1n) is 7.68. The summed E-state index contributed by atoms with van der Waals surface area (Å²) in [4.78, 5) is 23.8. The van der Waals surface area contributed by atoms with Gasteiger partial charge in [0.25, 0.3) is 0 Å². The highest BCUT2D eigenvalue weighted by Crippen LogP contribution is 2.30. The first-order valence-corrected chi connectivity index (χ1v) is 7.68. The molecule has 2 unspecified atom stereocenters. The third-order valence-corrected chi connectivity index (χ3v) is 4.05. The molecule has 1 saturated carbocycles. The van der Waals surface area contributed by atoms with Gasteiger partial charge in [0.05, 0.1) is 12.0 Å². The van der Waals surface area contributed by atoms with E-state index in [1.165, 1.54) is 0 Å². The van der Waals surface area contributed by atoms with Crippen LogP contribution in [0.3, 0.4) is 0 Å². The van der Waals surface area contributed by atoms with Crippen molar-refractivity contribution in [2.24, 2.45) is 0 Å². The van der Waals surface area contributed by atoms with Crippen LogP contribution in [0.25, 0.3) is 0 Å². The van der Waals surface area contributed by atoms with Crippen molar-refractivity contribution >= 4 is 11.8 Å². The summed E-state index contributed by atoms with van der Waals surface area (Å²) in [6, 6.07) is -0.465. The number of carbonyl (C=O) groups is 2. The van der Waals surface area contributed by atoms with E-state index in [4.69, 9.17) is 0 Å². The van der Waals surface area contributed by atoms with Crippen LogP contribution in [0.1, 0.15) is 65.7 Å². The van der Waals surface area contributed by atoms with E-state index < -0.39 is 11.6 Å². The van der Waals surface area contributed by atoms with Crippen molar-refractivity contribution in [3.63, 3.8) is 0 Å². The summed E-state index contributed by atoms with van der Waals surface area (Å²) < 4.78 is 0. The normalized spacial score (nSPS) is 20.8. The van der Waals surface area contributed by atoms with Crippen molar-refractivity contribution in [2.45, 2.75) is 83.4 Å². The van der Waals surface area contributed by atoms with Crippen LogP contribution in [0, 0.1) is 0 Å². The average Bonchev–Trinajstić information content (AvgIpc) is 2.38. The third-order valence-electron chi connectivity index (χ3n) is 4.05. The number of hydrogen-bond acceptors (Lipinski definition) is 3. The Morgan fingerprint density at radius 1 is 1.15 bits per heavy atom. The van der Waals surface area contributed by atoms with Gasteiger partial charge in [0, 0.05) is 6.04 Å².